The van der Waals surface area contributed by atoms with Crippen LogP contribution in [-0.2, 0) is 0 Å². The molecule has 0 saturated heterocycles. The molecule has 0 spiro atoms. The van der Waals surface area contributed by atoms with Crippen molar-refractivity contribution >= 4 is 0 Å². The molecule has 1 atom stereocenters. The molecule has 0 radical (unpaired) electrons. The average molecular weight is 157 g/mol. The van der Waals surface area contributed by atoms with Gasteiger partial charge in [-0.2, -0.15) is 0 Å². The Morgan fingerprint density at radius 1 is 1.64 bits per heavy atom. The Bertz CT molecular complexity index is 110. The molecule has 0 aromatic rings. The lowest BCUT2D eigenvalue weighted by Crippen LogP contribution is -2.20. The standard InChI is InChI=1S/C9H19NO/c1-4-8(2)7-10-6-5-9(3)11/h9-11H,2,4-7H2,1,3H3. The van der Waals surface area contributed by atoms with E-state index >= 15 is 0 Å². The third kappa shape index (κ3) is 7.56. The summed E-state index contributed by atoms with van der Waals surface area (Å²) >= 11 is 0. The molecule has 0 aliphatic heterocycles. The molecule has 0 aromatic carbocycles. The van der Waals surface area contributed by atoms with Crippen molar-refractivity contribution in [3.8, 4) is 0 Å². The zero-order valence-corrected chi connectivity index (χ0v) is 7.56. The summed E-state index contributed by atoms with van der Waals surface area (Å²) in [4.78, 5) is 0. The zero-order chi connectivity index (χ0) is 8.69. The summed E-state index contributed by atoms with van der Waals surface area (Å²) in [5, 5.41) is 12.1. The van der Waals surface area contributed by atoms with Gasteiger partial charge in [-0.15, -0.1) is 0 Å². The molecule has 0 fully saturated rings. The van der Waals surface area contributed by atoms with Crippen LogP contribution in [0.3, 0.4) is 0 Å². The fourth-order valence-electron chi connectivity index (χ4n) is 0.701. The van der Waals surface area contributed by atoms with Gasteiger partial charge in [0.25, 0.3) is 0 Å². The van der Waals surface area contributed by atoms with Crippen molar-refractivity contribution in [2.45, 2.75) is 32.8 Å². The van der Waals surface area contributed by atoms with E-state index in [2.05, 4.69) is 18.8 Å². The number of aliphatic hydroxyl groups is 1. The molecule has 0 saturated carbocycles. The Morgan fingerprint density at radius 2 is 2.27 bits per heavy atom. The summed E-state index contributed by atoms with van der Waals surface area (Å²) < 4.78 is 0. The first-order valence-corrected chi connectivity index (χ1v) is 4.22. The van der Waals surface area contributed by atoms with E-state index in [-0.39, 0.29) is 6.10 Å². The molecular weight excluding hydrogens is 138 g/mol. The molecule has 0 heterocycles. The molecule has 2 N–H and O–H groups in total. The van der Waals surface area contributed by atoms with Gasteiger partial charge in [-0.3, -0.25) is 0 Å². The van der Waals surface area contributed by atoms with Crippen LogP contribution in [0.2, 0.25) is 0 Å². The minimum atomic E-state index is -0.197. The van der Waals surface area contributed by atoms with Crippen LogP contribution in [0.5, 0.6) is 0 Å². The third-order valence-corrected chi connectivity index (χ3v) is 1.61. The van der Waals surface area contributed by atoms with Crippen molar-refractivity contribution < 1.29 is 5.11 Å². The van der Waals surface area contributed by atoms with E-state index in [1.807, 2.05) is 0 Å². The summed E-state index contributed by atoms with van der Waals surface area (Å²) in [6, 6.07) is 0. The van der Waals surface area contributed by atoms with Crippen LogP contribution in [0.15, 0.2) is 12.2 Å². The Morgan fingerprint density at radius 3 is 2.73 bits per heavy atom. The average Bonchev–Trinajstić information content (AvgIpc) is 1.97. The summed E-state index contributed by atoms with van der Waals surface area (Å²) in [6.07, 6.45) is 1.65. The fourth-order valence-corrected chi connectivity index (χ4v) is 0.701. The third-order valence-electron chi connectivity index (χ3n) is 1.61. The predicted molar refractivity (Wildman–Crippen MR) is 48.6 cm³/mol. The van der Waals surface area contributed by atoms with Gasteiger partial charge in [0, 0.05) is 6.54 Å². The molecular formula is C9H19NO. The van der Waals surface area contributed by atoms with Crippen LogP contribution >= 0.6 is 0 Å². The maximum atomic E-state index is 8.91. The number of hydrogen-bond acceptors (Lipinski definition) is 2. The maximum absolute atomic E-state index is 8.91. The van der Waals surface area contributed by atoms with E-state index in [0.29, 0.717) is 0 Å². The smallest absolute Gasteiger partial charge is 0.0524 e. The molecule has 2 nitrogen and oxygen atoms in total. The van der Waals surface area contributed by atoms with E-state index in [4.69, 9.17) is 5.11 Å². The highest BCUT2D eigenvalue weighted by Crippen LogP contribution is 1.93. The molecule has 1 unspecified atom stereocenters. The highest BCUT2D eigenvalue weighted by atomic mass is 16.3. The maximum Gasteiger partial charge on any atom is 0.0524 e. The van der Waals surface area contributed by atoms with E-state index in [1.54, 1.807) is 6.92 Å². The van der Waals surface area contributed by atoms with Gasteiger partial charge in [-0.05, 0) is 26.3 Å². The van der Waals surface area contributed by atoms with Crippen molar-refractivity contribution in [1.82, 2.24) is 5.32 Å². The second-order valence-electron chi connectivity index (χ2n) is 2.92. The lowest BCUT2D eigenvalue weighted by molar-refractivity contribution is 0.184. The Labute approximate surface area is 69.3 Å². The second kappa shape index (κ2) is 6.38. The Hall–Kier alpha value is -0.340. The molecule has 0 aromatic heterocycles. The minimum absolute atomic E-state index is 0.197. The van der Waals surface area contributed by atoms with Gasteiger partial charge in [-0.1, -0.05) is 19.1 Å². The number of rotatable bonds is 6. The van der Waals surface area contributed by atoms with Gasteiger partial charge in [0.15, 0.2) is 0 Å². The number of aliphatic hydroxyl groups excluding tert-OH is 1. The molecule has 0 rings (SSSR count). The number of nitrogens with one attached hydrogen (secondary N) is 1. The molecule has 0 amide bonds. The van der Waals surface area contributed by atoms with Gasteiger partial charge < -0.3 is 10.4 Å². The molecule has 2 heteroatoms. The van der Waals surface area contributed by atoms with Crippen LogP contribution < -0.4 is 5.32 Å². The predicted octanol–water partition coefficient (Wildman–Crippen LogP) is 1.31. The van der Waals surface area contributed by atoms with Crippen molar-refractivity contribution in [3.05, 3.63) is 12.2 Å². The van der Waals surface area contributed by atoms with Gasteiger partial charge in [0.2, 0.25) is 0 Å². The second-order valence-corrected chi connectivity index (χ2v) is 2.92. The van der Waals surface area contributed by atoms with Crippen LogP contribution in [0, 0.1) is 0 Å². The molecule has 0 bridgehead atoms. The van der Waals surface area contributed by atoms with Crippen molar-refractivity contribution in [2.75, 3.05) is 13.1 Å². The monoisotopic (exact) mass is 157 g/mol. The molecule has 11 heavy (non-hydrogen) atoms. The quantitative estimate of drug-likeness (QED) is 0.450. The largest absolute Gasteiger partial charge is 0.393 e. The first-order chi connectivity index (χ1) is 5.16. The van der Waals surface area contributed by atoms with Crippen LogP contribution in [0.25, 0.3) is 0 Å². The van der Waals surface area contributed by atoms with Gasteiger partial charge in [0.05, 0.1) is 6.10 Å². The summed E-state index contributed by atoms with van der Waals surface area (Å²) in [6.45, 7) is 9.51. The summed E-state index contributed by atoms with van der Waals surface area (Å²) in [7, 11) is 0. The first-order valence-electron chi connectivity index (χ1n) is 4.22. The van der Waals surface area contributed by atoms with Gasteiger partial charge in [-0.25, -0.2) is 0 Å². The van der Waals surface area contributed by atoms with Crippen LogP contribution in [0.1, 0.15) is 26.7 Å². The Balaban J connectivity index is 3.08. The van der Waals surface area contributed by atoms with Crippen LogP contribution in [0.4, 0.5) is 0 Å². The zero-order valence-electron chi connectivity index (χ0n) is 7.56. The Kier molecular flexibility index (Phi) is 6.18. The van der Waals surface area contributed by atoms with E-state index in [1.165, 1.54) is 5.57 Å². The minimum Gasteiger partial charge on any atom is -0.393 e. The van der Waals surface area contributed by atoms with Crippen molar-refractivity contribution in [1.29, 1.82) is 0 Å². The van der Waals surface area contributed by atoms with E-state index < -0.39 is 0 Å². The number of hydrogen-bond donors (Lipinski definition) is 2. The van der Waals surface area contributed by atoms with Crippen molar-refractivity contribution in [3.63, 3.8) is 0 Å². The molecule has 0 aliphatic rings. The normalized spacial score (nSPS) is 13.0. The van der Waals surface area contributed by atoms with Gasteiger partial charge >= 0.3 is 0 Å². The summed E-state index contributed by atoms with van der Waals surface area (Å²) in [5.74, 6) is 0. The van der Waals surface area contributed by atoms with Gasteiger partial charge in [0.1, 0.15) is 0 Å². The first kappa shape index (κ1) is 10.7. The highest BCUT2D eigenvalue weighted by Gasteiger charge is 1.94. The summed E-state index contributed by atoms with van der Waals surface area (Å²) in [5.41, 5.74) is 1.22. The van der Waals surface area contributed by atoms with Crippen LogP contribution in [-0.4, -0.2) is 24.3 Å². The lowest BCUT2D eigenvalue weighted by atomic mass is 10.2. The van der Waals surface area contributed by atoms with E-state index in [9.17, 15) is 0 Å². The highest BCUT2D eigenvalue weighted by molar-refractivity contribution is 4.94. The lowest BCUT2D eigenvalue weighted by Gasteiger charge is -2.06. The molecule has 66 valence electrons. The topological polar surface area (TPSA) is 32.3 Å². The fraction of sp³-hybridized carbons (Fsp3) is 0.778. The SMILES string of the molecule is C=C(CC)CNCCC(C)O. The van der Waals surface area contributed by atoms with Crippen molar-refractivity contribution in [2.24, 2.45) is 0 Å². The van der Waals surface area contributed by atoms with E-state index in [0.717, 1.165) is 25.9 Å². The molecule has 0 aliphatic carbocycles.